The second-order valence-corrected chi connectivity index (χ2v) is 4.18. The van der Waals surface area contributed by atoms with Gasteiger partial charge >= 0.3 is 5.97 Å². The predicted octanol–water partition coefficient (Wildman–Crippen LogP) is 3.12. The Labute approximate surface area is 98.6 Å². The molecule has 0 spiro atoms. The van der Waals surface area contributed by atoms with Crippen molar-refractivity contribution >= 4 is 11.8 Å². The summed E-state index contributed by atoms with van der Waals surface area (Å²) in [5.41, 5.74) is 0. The minimum Gasteiger partial charge on any atom is -0.465 e. The van der Waals surface area contributed by atoms with Crippen molar-refractivity contribution in [1.82, 2.24) is 0 Å². The van der Waals surface area contributed by atoms with E-state index >= 15 is 0 Å². The number of carbonyl (C=O) groups is 2. The number of ketones is 1. The van der Waals surface area contributed by atoms with E-state index in [9.17, 15) is 9.59 Å². The van der Waals surface area contributed by atoms with Crippen molar-refractivity contribution < 1.29 is 14.3 Å². The molecule has 1 atom stereocenters. The van der Waals surface area contributed by atoms with Crippen LogP contribution in [0.2, 0.25) is 0 Å². The molecule has 0 aliphatic rings. The molecule has 0 saturated carbocycles. The van der Waals surface area contributed by atoms with E-state index in [1.807, 2.05) is 6.92 Å². The van der Waals surface area contributed by atoms with Crippen molar-refractivity contribution in [2.75, 3.05) is 6.61 Å². The Morgan fingerprint density at radius 2 is 1.69 bits per heavy atom. The molecule has 0 aliphatic carbocycles. The van der Waals surface area contributed by atoms with Crippen LogP contribution in [0, 0.1) is 5.92 Å². The van der Waals surface area contributed by atoms with Gasteiger partial charge < -0.3 is 4.74 Å². The molecule has 0 rings (SSSR count). The monoisotopic (exact) mass is 228 g/mol. The molecule has 3 heteroatoms. The first-order valence-corrected chi connectivity index (χ1v) is 6.30. The van der Waals surface area contributed by atoms with Gasteiger partial charge in [-0.15, -0.1) is 0 Å². The average molecular weight is 228 g/mol. The maximum absolute atomic E-state index is 11.6. The summed E-state index contributed by atoms with van der Waals surface area (Å²) in [5.74, 6) is -0.951. The topological polar surface area (TPSA) is 43.4 Å². The van der Waals surface area contributed by atoms with Crippen molar-refractivity contribution in [2.24, 2.45) is 5.92 Å². The molecule has 0 N–H and O–H groups in total. The fourth-order valence-corrected chi connectivity index (χ4v) is 1.52. The first-order valence-electron chi connectivity index (χ1n) is 6.30. The molecule has 0 bridgehead atoms. The molecule has 16 heavy (non-hydrogen) atoms. The van der Waals surface area contributed by atoms with Gasteiger partial charge in [0.2, 0.25) is 0 Å². The van der Waals surface area contributed by atoms with Crippen LogP contribution < -0.4 is 0 Å². The average Bonchev–Trinajstić information content (AvgIpc) is 2.24. The van der Waals surface area contributed by atoms with Gasteiger partial charge in [0.1, 0.15) is 11.7 Å². The number of hydrogen-bond donors (Lipinski definition) is 0. The molecule has 3 nitrogen and oxygen atoms in total. The van der Waals surface area contributed by atoms with Crippen molar-refractivity contribution in [3.8, 4) is 0 Å². The molecular weight excluding hydrogens is 204 g/mol. The lowest BCUT2D eigenvalue weighted by Crippen LogP contribution is -2.24. The molecule has 1 unspecified atom stereocenters. The first-order chi connectivity index (χ1) is 7.63. The summed E-state index contributed by atoms with van der Waals surface area (Å²) in [5, 5.41) is 0. The molecule has 0 amide bonds. The maximum Gasteiger partial charge on any atom is 0.316 e. The van der Waals surface area contributed by atoms with Crippen molar-refractivity contribution in [3.05, 3.63) is 0 Å². The number of unbranched alkanes of at least 4 members (excludes halogenated alkanes) is 3. The fourth-order valence-electron chi connectivity index (χ4n) is 1.52. The summed E-state index contributed by atoms with van der Waals surface area (Å²) < 4.78 is 5.10. The summed E-state index contributed by atoms with van der Waals surface area (Å²) in [6, 6.07) is 0. The highest BCUT2D eigenvalue weighted by Crippen LogP contribution is 2.12. The minimum absolute atomic E-state index is 0.0751. The minimum atomic E-state index is -0.540. The Balaban J connectivity index is 3.92. The van der Waals surface area contributed by atoms with E-state index in [2.05, 4.69) is 6.92 Å². The van der Waals surface area contributed by atoms with Crippen LogP contribution in [-0.4, -0.2) is 18.4 Å². The van der Waals surface area contributed by atoms with Crippen LogP contribution in [0.1, 0.15) is 59.3 Å². The Morgan fingerprint density at radius 3 is 2.19 bits per heavy atom. The lowest BCUT2D eigenvalue weighted by molar-refractivity contribution is -0.152. The van der Waals surface area contributed by atoms with Crippen LogP contribution in [0.15, 0.2) is 0 Å². The molecule has 0 aromatic heterocycles. The van der Waals surface area contributed by atoms with E-state index in [1.54, 1.807) is 0 Å². The Hall–Kier alpha value is -0.860. The first kappa shape index (κ1) is 15.1. The fraction of sp³-hybridized carbons (Fsp3) is 0.846. The van der Waals surface area contributed by atoms with Crippen LogP contribution in [0.5, 0.6) is 0 Å². The van der Waals surface area contributed by atoms with E-state index in [-0.39, 0.29) is 11.8 Å². The number of rotatable bonds is 9. The molecule has 0 aromatic rings. The second kappa shape index (κ2) is 9.37. The Kier molecular flexibility index (Phi) is 8.87. The van der Waals surface area contributed by atoms with E-state index in [0.29, 0.717) is 13.0 Å². The number of ether oxygens (including phenoxy) is 1. The lowest BCUT2D eigenvalue weighted by atomic mass is 9.98. The Bertz CT molecular complexity index is 211. The largest absolute Gasteiger partial charge is 0.465 e. The van der Waals surface area contributed by atoms with Crippen LogP contribution in [0.4, 0.5) is 0 Å². The molecule has 0 fully saturated rings. The summed E-state index contributed by atoms with van der Waals surface area (Å²) >= 11 is 0. The Morgan fingerprint density at radius 1 is 1.06 bits per heavy atom. The van der Waals surface area contributed by atoms with Gasteiger partial charge in [0.15, 0.2) is 0 Å². The third-order valence-corrected chi connectivity index (χ3v) is 2.61. The highest BCUT2D eigenvalue weighted by Gasteiger charge is 2.23. The van der Waals surface area contributed by atoms with Crippen molar-refractivity contribution in [1.29, 1.82) is 0 Å². The van der Waals surface area contributed by atoms with E-state index in [1.165, 1.54) is 6.92 Å². The molecule has 0 heterocycles. The van der Waals surface area contributed by atoms with Gasteiger partial charge in [0.25, 0.3) is 0 Å². The van der Waals surface area contributed by atoms with Crippen molar-refractivity contribution in [3.63, 3.8) is 0 Å². The highest BCUT2D eigenvalue weighted by atomic mass is 16.5. The van der Waals surface area contributed by atoms with Gasteiger partial charge in [-0.05, 0) is 19.8 Å². The number of carbonyl (C=O) groups excluding carboxylic acids is 2. The normalized spacial score (nSPS) is 12.2. The van der Waals surface area contributed by atoms with Gasteiger partial charge in [0, 0.05) is 0 Å². The van der Waals surface area contributed by atoms with Crippen molar-refractivity contribution in [2.45, 2.75) is 59.3 Å². The second-order valence-electron chi connectivity index (χ2n) is 4.18. The van der Waals surface area contributed by atoms with Gasteiger partial charge in [-0.3, -0.25) is 9.59 Å². The zero-order valence-electron chi connectivity index (χ0n) is 10.8. The molecule has 94 valence electrons. The third-order valence-electron chi connectivity index (χ3n) is 2.61. The smallest absolute Gasteiger partial charge is 0.316 e. The number of esters is 1. The number of hydrogen-bond acceptors (Lipinski definition) is 3. The van der Waals surface area contributed by atoms with Gasteiger partial charge in [0.05, 0.1) is 6.61 Å². The zero-order valence-corrected chi connectivity index (χ0v) is 10.8. The van der Waals surface area contributed by atoms with Gasteiger partial charge in [-0.25, -0.2) is 0 Å². The van der Waals surface area contributed by atoms with Crippen LogP contribution in [-0.2, 0) is 14.3 Å². The molecule has 0 saturated heterocycles. The summed E-state index contributed by atoms with van der Waals surface area (Å²) in [4.78, 5) is 22.9. The molecule has 0 aliphatic heterocycles. The predicted molar refractivity (Wildman–Crippen MR) is 64.2 cm³/mol. The lowest BCUT2D eigenvalue weighted by Gasteiger charge is -2.12. The van der Waals surface area contributed by atoms with E-state index in [0.717, 1.165) is 32.1 Å². The van der Waals surface area contributed by atoms with E-state index in [4.69, 9.17) is 4.74 Å². The molecule has 0 aromatic carbocycles. The highest BCUT2D eigenvalue weighted by molar-refractivity contribution is 5.97. The van der Waals surface area contributed by atoms with Crippen LogP contribution in [0.25, 0.3) is 0 Å². The summed E-state index contributed by atoms with van der Waals surface area (Å²) in [6.45, 7) is 6.06. The SMILES string of the molecule is CCCCCOC(=O)C(CCCC)C(C)=O. The standard InChI is InChI=1S/C13H24O3/c1-4-6-8-10-16-13(15)12(11(3)14)9-7-5-2/h12H,4-10H2,1-3H3. The zero-order chi connectivity index (χ0) is 12.4. The summed E-state index contributed by atoms with van der Waals surface area (Å²) in [6.07, 6.45) is 5.57. The third kappa shape index (κ3) is 6.59. The molecule has 0 radical (unpaired) electrons. The number of Topliss-reactive ketones (excluding diaryl/α,β-unsaturated/α-hetero) is 1. The maximum atomic E-state index is 11.6. The van der Waals surface area contributed by atoms with Gasteiger partial charge in [-0.2, -0.15) is 0 Å². The van der Waals surface area contributed by atoms with Gasteiger partial charge in [-0.1, -0.05) is 39.5 Å². The van der Waals surface area contributed by atoms with E-state index < -0.39 is 5.92 Å². The van der Waals surface area contributed by atoms with Crippen LogP contribution >= 0.6 is 0 Å². The molecular formula is C13H24O3. The van der Waals surface area contributed by atoms with Crippen LogP contribution in [0.3, 0.4) is 0 Å². The quantitative estimate of drug-likeness (QED) is 0.346. The summed E-state index contributed by atoms with van der Waals surface area (Å²) in [7, 11) is 0.